The smallest absolute Gasteiger partial charge is 0.151 e. The van der Waals surface area contributed by atoms with Gasteiger partial charge in [0.25, 0.3) is 0 Å². The van der Waals surface area contributed by atoms with Crippen LogP contribution in [0.25, 0.3) is 11.0 Å². The van der Waals surface area contributed by atoms with Crippen molar-refractivity contribution >= 4 is 33.8 Å². The van der Waals surface area contributed by atoms with Crippen molar-refractivity contribution in [2.75, 3.05) is 54.0 Å². The molecule has 5 fully saturated rings. The van der Waals surface area contributed by atoms with Gasteiger partial charge in [0.15, 0.2) is 11.6 Å². The van der Waals surface area contributed by atoms with Crippen LogP contribution >= 0.6 is 0 Å². The largest absolute Gasteiger partial charge is 0.397 e. The first kappa shape index (κ1) is 36.5. The Labute approximate surface area is 308 Å². The SMILES string of the molecule is CCC[C@H]1CCNC1.Nc1ccc(C2CCCN2c2cc(F)c(N3CCCCC3)c(F)c2)cc1N.c1ccc2[nH]c(C3CC4CCCC4N3)nc2c1. The van der Waals surface area contributed by atoms with E-state index in [1.165, 1.54) is 70.2 Å². The van der Waals surface area contributed by atoms with Crippen LogP contribution in [0.4, 0.5) is 31.5 Å². The number of nitrogen functional groups attached to an aromatic ring is 2. The Hall–Kier alpha value is -3.89. The maximum absolute atomic E-state index is 14.9. The lowest BCUT2D eigenvalue weighted by molar-refractivity contribution is 0.516. The fourth-order valence-electron chi connectivity index (χ4n) is 9.23. The fourth-order valence-corrected chi connectivity index (χ4v) is 9.23. The van der Waals surface area contributed by atoms with E-state index in [4.69, 9.17) is 16.5 Å². The number of piperidine rings is 1. The summed E-state index contributed by atoms with van der Waals surface area (Å²) in [4.78, 5) is 12.1. The molecule has 5 atom stereocenters. The van der Waals surface area contributed by atoms with Crippen LogP contribution in [-0.2, 0) is 0 Å². The van der Waals surface area contributed by atoms with Gasteiger partial charge in [-0.05, 0) is 131 Å². The van der Waals surface area contributed by atoms with Gasteiger partial charge in [0.2, 0.25) is 0 Å². The molecule has 4 aromatic rings. The maximum Gasteiger partial charge on any atom is 0.151 e. The number of nitrogens with one attached hydrogen (secondary N) is 3. The molecule has 4 aliphatic heterocycles. The van der Waals surface area contributed by atoms with Crippen LogP contribution in [-0.4, -0.2) is 48.7 Å². The summed E-state index contributed by atoms with van der Waals surface area (Å²) in [7, 11) is 0. The second-order valence-electron chi connectivity index (χ2n) is 15.6. The second kappa shape index (κ2) is 16.8. The zero-order chi connectivity index (χ0) is 36.0. The van der Waals surface area contributed by atoms with Gasteiger partial charge in [-0.25, -0.2) is 13.8 Å². The number of hydrogen-bond acceptors (Lipinski definition) is 7. The van der Waals surface area contributed by atoms with Crippen LogP contribution in [0, 0.1) is 23.5 Å². The molecule has 7 N–H and O–H groups in total. The molecule has 0 radical (unpaired) electrons. The molecule has 52 heavy (non-hydrogen) atoms. The number of nitrogens with two attached hydrogens (primary N) is 2. The molecule has 4 unspecified atom stereocenters. The van der Waals surface area contributed by atoms with E-state index >= 15 is 0 Å². The van der Waals surface area contributed by atoms with Crippen LogP contribution in [0.3, 0.4) is 0 Å². The summed E-state index contributed by atoms with van der Waals surface area (Å²) in [5, 5.41) is 7.09. The summed E-state index contributed by atoms with van der Waals surface area (Å²) in [6, 6.07) is 18.1. The highest BCUT2D eigenvalue weighted by molar-refractivity contribution is 5.74. The lowest BCUT2D eigenvalue weighted by atomic mass is 10.0. The average Bonchev–Trinajstić information content (AvgIpc) is 3.99. The van der Waals surface area contributed by atoms with Crippen molar-refractivity contribution in [2.24, 2.45) is 11.8 Å². The summed E-state index contributed by atoms with van der Waals surface area (Å²) in [5.41, 5.74) is 16.8. The van der Waals surface area contributed by atoms with Crippen LogP contribution in [0.1, 0.15) is 107 Å². The van der Waals surface area contributed by atoms with E-state index in [1.807, 2.05) is 23.1 Å². The first-order chi connectivity index (χ1) is 25.4. The third-order valence-electron chi connectivity index (χ3n) is 12.0. The number of nitrogens with zero attached hydrogens (tertiary/aromatic N) is 3. The zero-order valence-electron chi connectivity index (χ0n) is 30.9. The molecule has 0 bridgehead atoms. The van der Waals surface area contributed by atoms with E-state index in [-0.39, 0.29) is 11.7 Å². The number of benzene rings is 3. The van der Waals surface area contributed by atoms with Gasteiger partial charge < -0.3 is 36.9 Å². The molecule has 3 aromatic carbocycles. The Balaban J connectivity index is 0.000000142. The molecule has 9 rings (SSSR count). The Morgan fingerprint density at radius 3 is 2.37 bits per heavy atom. The summed E-state index contributed by atoms with van der Waals surface area (Å²) < 4.78 is 29.7. The second-order valence-corrected chi connectivity index (χ2v) is 15.6. The third kappa shape index (κ3) is 8.33. The molecule has 1 saturated carbocycles. The van der Waals surface area contributed by atoms with Crippen LogP contribution < -0.4 is 31.9 Å². The molecule has 1 aromatic heterocycles. The highest BCUT2D eigenvalue weighted by Crippen LogP contribution is 2.41. The molecule has 1 aliphatic carbocycles. The van der Waals surface area contributed by atoms with Gasteiger partial charge in [-0.15, -0.1) is 0 Å². The number of imidazole rings is 1. The monoisotopic (exact) mass is 712 g/mol. The normalized spacial score (nSPS) is 25.5. The Morgan fingerprint density at radius 2 is 1.65 bits per heavy atom. The van der Waals surface area contributed by atoms with Gasteiger partial charge in [-0.2, -0.15) is 0 Å². The van der Waals surface area contributed by atoms with Gasteiger partial charge in [0.05, 0.1) is 34.5 Å². The zero-order valence-corrected chi connectivity index (χ0v) is 30.9. The molecular formula is C42H58F2N8. The number of halogens is 2. The number of hydrogen-bond donors (Lipinski definition) is 5. The topological polar surface area (TPSA) is 111 Å². The van der Waals surface area contributed by atoms with E-state index in [2.05, 4.69) is 45.6 Å². The summed E-state index contributed by atoms with van der Waals surface area (Å²) >= 11 is 0. The minimum absolute atomic E-state index is 0.0486. The number of anilines is 4. The van der Waals surface area contributed by atoms with Crippen molar-refractivity contribution < 1.29 is 8.78 Å². The van der Waals surface area contributed by atoms with Gasteiger partial charge >= 0.3 is 0 Å². The summed E-state index contributed by atoms with van der Waals surface area (Å²) in [6.45, 7) is 6.97. The van der Waals surface area contributed by atoms with Crippen molar-refractivity contribution in [3.8, 4) is 0 Å². The summed E-state index contributed by atoms with van der Waals surface area (Å²) in [6.07, 6.45) is 14.5. The van der Waals surface area contributed by atoms with E-state index in [0.717, 1.165) is 78.9 Å². The molecule has 0 spiro atoms. The van der Waals surface area contributed by atoms with Crippen LogP contribution in [0.2, 0.25) is 0 Å². The summed E-state index contributed by atoms with van der Waals surface area (Å²) in [5.74, 6) is 2.05. The van der Waals surface area contributed by atoms with E-state index in [1.54, 1.807) is 6.07 Å². The third-order valence-corrected chi connectivity index (χ3v) is 12.0. The number of H-pyrrole nitrogens is 1. The first-order valence-electron chi connectivity index (χ1n) is 19.9. The first-order valence-corrected chi connectivity index (χ1v) is 19.9. The quantitative estimate of drug-likeness (QED) is 0.127. The van der Waals surface area contributed by atoms with Crippen molar-refractivity contribution in [3.05, 3.63) is 77.6 Å². The van der Waals surface area contributed by atoms with Gasteiger partial charge in [0, 0.05) is 31.4 Å². The van der Waals surface area contributed by atoms with Crippen molar-refractivity contribution in [2.45, 2.75) is 102 Å². The molecule has 5 aliphatic rings. The van der Waals surface area contributed by atoms with E-state index < -0.39 is 11.6 Å². The Bertz CT molecular complexity index is 1700. The van der Waals surface area contributed by atoms with Gasteiger partial charge in [-0.1, -0.05) is 38.0 Å². The highest BCUT2D eigenvalue weighted by Gasteiger charge is 2.38. The minimum atomic E-state index is -0.477. The van der Waals surface area contributed by atoms with Crippen LogP contribution in [0.15, 0.2) is 54.6 Å². The number of para-hydroxylation sites is 2. The molecule has 5 heterocycles. The Kier molecular flexibility index (Phi) is 11.8. The molecule has 8 nitrogen and oxygen atoms in total. The van der Waals surface area contributed by atoms with Gasteiger partial charge in [0.1, 0.15) is 11.5 Å². The predicted molar refractivity (Wildman–Crippen MR) is 211 cm³/mol. The molecule has 0 amide bonds. The van der Waals surface area contributed by atoms with Gasteiger partial charge in [-0.3, -0.25) is 0 Å². The standard InChI is InChI=1S/C21H26F2N4.C14H17N3.C7H15N/c22-16-12-15(13-17(23)21(16)26-8-2-1-3-9-26)27-10-4-5-20(27)14-6-7-18(24)19(25)11-14;1-2-6-12-11(5-1)16-14(17-12)13-8-9-4-3-7-10(9)15-13;1-2-3-7-4-5-8-6-7/h6-7,11-13,20H,1-5,8-10,24-25H2;1-2,5-6,9-10,13,15H,3-4,7-8H2,(H,16,17);7-8H,2-6H2,1H3/t;;7-/m..0/s1. The average molecular weight is 713 g/mol. The van der Waals surface area contributed by atoms with E-state index in [9.17, 15) is 8.78 Å². The number of rotatable bonds is 6. The van der Waals surface area contributed by atoms with Crippen molar-refractivity contribution in [3.63, 3.8) is 0 Å². The van der Waals surface area contributed by atoms with Crippen molar-refractivity contribution in [1.82, 2.24) is 20.6 Å². The van der Waals surface area contributed by atoms with Crippen LogP contribution in [0.5, 0.6) is 0 Å². The molecule has 280 valence electrons. The molecule has 10 heteroatoms. The number of aromatic nitrogens is 2. The minimum Gasteiger partial charge on any atom is -0.397 e. The number of fused-ring (bicyclic) bond motifs is 2. The Morgan fingerprint density at radius 1 is 0.846 bits per heavy atom. The molecular weight excluding hydrogens is 655 g/mol. The fraction of sp³-hybridized carbons (Fsp3) is 0.548. The maximum atomic E-state index is 14.9. The number of aromatic amines is 1. The van der Waals surface area contributed by atoms with Crippen molar-refractivity contribution in [1.29, 1.82) is 0 Å². The lowest BCUT2D eigenvalue weighted by Gasteiger charge is -2.31. The molecule has 4 saturated heterocycles. The highest BCUT2D eigenvalue weighted by atomic mass is 19.1. The predicted octanol–water partition coefficient (Wildman–Crippen LogP) is 8.62. The van der Waals surface area contributed by atoms with E-state index in [0.29, 0.717) is 36.2 Å². The lowest BCUT2D eigenvalue weighted by Crippen LogP contribution is -2.31.